The number of amides is 3. The lowest BCUT2D eigenvalue weighted by Gasteiger charge is -2.60. The minimum Gasteiger partial charge on any atom is -0.372 e. The third-order valence-corrected chi connectivity index (χ3v) is 17.2. The molecule has 1 saturated carbocycles. The summed E-state index contributed by atoms with van der Waals surface area (Å²) < 4.78 is 59.9. The highest BCUT2D eigenvalue weighted by molar-refractivity contribution is 7.92. The number of nitrogens with one attached hydrogen (secondary N) is 3. The number of piperidine rings is 3. The maximum Gasteiger partial charge on any atom is 0.260 e. The summed E-state index contributed by atoms with van der Waals surface area (Å²) in [6, 6.07) is 14.6. The van der Waals surface area contributed by atoms with Gasteiger partial charge in [-0.25, -0.2) is 32.2 Å². The van der Waals surface area contributed by atoms with Gasteiger partial charge in [0.05, 0.1) is 38.6 Å². The lowest BCUT2D eigenvalue weighted by atomic mass is 9.60. The molecule has 0 radical (unpaired) electrons. The molecule has 4 saturated heterocycles. The fourth-order valence-electron chi connectivity index (χ4n) is 10.5. The number of hydrogen-bond donors (Lipinski definition) is 3. The van der Waals surface area contributed by atoms with E-state index in [9.17, 15) is 22.8 Å². The second-order valence-corrected chi connectivity index (χ2v) is 23.3. The van der Waals surface area contributed by atoms with Crippen molar-refractivity contribution >= 4 is 56.4 Å². The highest BCUT2D eigenvalue weighted by Gasteiger charge is 2.57. The molecule has 1 aliphatic carbocycles. The summed E-state index contributed by atoms with van der Waals surface area (Å²) in [5.41, 5.74) is 0.785. The number of anilines is 3. The van der Waals surface area contributed by atoms with Gasteiger partial charge in [-0.2, -0.15) is 0 Å². The first-order valence-electron chi connectivity index (χ1n) is 23.7. The average molecular weight is 958 g/mol. The topological polar surface area (TPSA) is 170 Å². The summed E-state index contributed by atoms with van der Waals surface area (Å²) in [5, 5.41) is 6.67. The zero-order chi connectivity index (χ0) is 47.3. The number of nitrogens with zero attached hydrogens (tertiary/aromatic N) is 6. The van der Waals surface area contributed by atoms with Gasteiger partial charge in [0.1, 0.15) is 0 Å². The Kier molecular flexibility index (Phi) is 12.9. The van der Waals surface area contributed by atoms with Crippen molar-refractivity contribution in [3.63, 3.8) is 0 Å². The fourth-order valence-corrected chi connectivity index (χ4v) is 12.8. The van der Waals surface area contributed by atoms with Crippen molar-refractivity contribution < 1.29 is 31.6 Å². The van der Waals surface area contributed by atoms with Crippen LogP contribution < -0.4 is 20.3 Å². The number of hydrogen-bond acceptors (Lipinski definition) is 12. The van der Waals surface area contributed by atoms with E-state index in [2.05, 4.69) is 42.3 Å². The van der Waals surface area contributed by atoms with Crippen LogP contribution in [0.1, 0.15) is 102 Å². The molecule has 1 atom stereocenters. The van der Waals surface area contributed by atoms with Crippen molar-refractivity contribution in [2.45, 2.75) is 109 Å². The van der Waals surface area contributed by atoms with E-state index in [0.717, 1.165) is 61.6 Å². The summed E-state index contributed by atoms with van der Waals surface area (Å²) in [7, 11) is -3.73. The number of imide groups is 1. The molecule has 4 aromatic rings. The predicted octanol–water partition coefficient (Wildman–Crippen LogP) is 7.50. The Bertz CT molecular complexity index is 2610. The van der Waals surface area contributed by atoms with Gasteiger partial charge in [-0.05, 0) is 80.3 Å². The van der Waals surface area contributed by atoms with E-state index in [4.69, 9.17) is 9.97 Å². The van der Waals surface area contributed by atoms with Crippen molar-refractivity contribution in [2.24, 2.45) is 11.3 Å². The molecule has 9 rings (SSSR count). The molecule has 2 aromatic carbocycles. The highest BCUT2D eigenvalue weighted by atomic mass is 32.2. The number of halogens is 2. The van der Waals surface area contributed by atoms with Crippen molar-refractivity contribution in [3.8, 4) is 21.8 Å². The molecular weight excluding hydrogens is 897 g/mol. The molecule has 358 valence electrons. The second kappa shape index (κ2) is 18.4. The van der Waals surface area contributed by atoms with Crippen LogP contribution in [0.15, 0.2) is 54.7 Å². The summed E-state index contributed by atoms with van der Waals surface area (Å²) >= 11 is 1.41. The van der Waals surface area contributed by atoms with Gasteiger partial charge in [0.15, 0.2) is 11.5 Å². The molecule has 14 nitrogen and oxygen atoms in total. The molecule has 6 heterocycles. The minimum absolute atomic E-state index is 0.0555. The average Bonchev–Trinajstić information content (AvgIpc) is 3.72. The largest absolute Gasteiger partial charge is 0.372 e. The van der Waals surface area contributed by atoms with Gasteiger partial charge in [0.2, 0.25) is 27.8 Å². The number of benzene rings is 2. The number of alkyl halides is 1. The number of thiazole rings is 1. The van der Waals surface area contributed by atoms with E-state index in [1.807, 2.05) is 32.9 Å². The van der Waals surface area contributed by atoms with Crippen LogP contribution in [0.4, 0.5) is 26.1 Å². The molecule has 4 aliphatic heterocycles. The molecule has 1 spiro atoms. The molecule has 2 aromatic heterocycles. The Morgan fingerprint density at radius 1 is 0.970 bits per heavy atom. The van der Waals surface area contributed by atoms with Gasteiger partial charge in [0.25, 0.3) is 5.91 Å². The van der Waals surface area contributed by atoms with Gasteiger partial charge in [-0.15, -0.1) is 11.3 Å². The third kappa shape index (κ3) is 10.1. The van der Waals surface area contributed by atoms with Crippen LogP contribution in [-0.4, -0.2) is 114 Å². The zero-order valence-corrected chi connectivity index (χ0v) is 40.4. The molecule has 5 aliphatic rings. The Morgan fingerprint density at radius 3 is 2.36 bits per heavy atom. The van der Waals surface area contributed by atoms with E-state index < -0.39 is 21.5 Å². The van der Waals surface area contributed by atoms with Crippen molar-refractivity contribution in [2.75, 3.05) is 66.5 Å². The third-order valence-electron chi connectivity index (χ3n) is 14.2. The van der Waals surface area contributed by atoms with Crippen molar-refractivity contribution in [3.05, 3.63) is 71.1 Å². The first-order chi connectivity index (χ1) is 31.9. The van der Waals surface area contributed by atoms with Gasteiger partial charge >= 0.3 is 0 Å². The molecule has 5 fully saturated rings. The molecule has 67 heavy (non-hydrogen) atoms. The van der Waals surface area contributed by atoms with E-state index in [1.165, 1.54) is 17.4 Å². The standard InChI is InChI=1S/C49H61F2N9O5S2/c1-5-25-67(64,65)57-37-8-6-7-36(40(37)50)41-42(66-44(56-41)47(2,3)4)38-15-20-52-46(54-38)53-33-26-48(27-33)29-60(30-48)45(63)49(51)18-23-58(24-19-49)28-31-16-21-59(22-17-31)34-11-9-32(10-12-34)35-13-14-39(61)55-43(35)62/h6-12,15,20,31,33,35,57H,5,13-14,16-19,21-30H2,1-4H3,(H,52,53,54)(H,55,61,62). The molecule has 3 N–H and O–H groups in total. The summed E-state index contributed by atoms with van der Waals surface area (Å²) in [6.45, 7) is 12.8. The first kappa shape index (κ1) is 47.0. The Labute approximate surface area is 395 Å². The van der Waals surface area contributed by atoms with Crippen molar-refractivity contribution in [1.82, 2.24) is 30.1 Å². The minimum atomic E-state index is -3.73. The fraction of sp³-hybridized carbons (Fsp3) is 0.551. The van der Waals surface area contributed by atoms with Crippen LogP contribution in [0.2, 0.25) is 0 Å². The van der Waals surface area contributed by atoms with E-state index in [0.29, 0.717) is 73.6 Å². The molecule has 1 unspecified atom stereocenters. The highest BCUT2D eigenvalue weighted by Crippen LogP contribution is 2.51. The Balaban J connectivity index is 0.742. The maximum absolute atomic E-state index is 16.3. The second-order valence-electron chi connectivity index (χ2n) is 20.5. The molecule has 18 heteroatoms. The van der Waals surface area contributed by atoms with Crippen LogP contribution >= 0.6 is 11.3 Å². The van der Waals surface area contributed by atoms with Gasteiger partial charge in [0, 0.05) is 99.4 Å². The van der Waals surface area contributed by atoms with Gasteiger partial charge in [-0.3, -0.25) is 24.4 Å². The first-order valence-corrected chi connectivity index (χ1v) is 26.2. The summed E-state index contributed by atoms with van der Waals surface area (Å²) in [6.07, 6.45) is 7.03. The number of likely N-dealkylation sites (tertiary alicyclic amines) is 2. The molecule has 3 amide bonds. The van der Waals surface area contributed by atoms with Crippen LogP contribution in [-0.2, 0) is 29.8 Å². The normalized spacial score (nSPS) is 21.4. The smallest absolute Gasteiger partial charge is 0.260 e. The van der Waals surface area contributed by atoms with Crippen molar-refractivity contribution in [1.29, 1.82) is 0 Å². The Hall–Kier alpha value is -5.07. The van der Waals surface area contributed by atoms with Crippen LogP contribution in [0, 0.1) is 17.2 Å². The van der Waals surface area contributed by atoms with E-state index in [1.54, 1.807) is 36.2 Å². The molecular formula is C49H61F2N9O5S2. The zero-order valence-electron chi connectivity index (χ0n) is 38.7. The number of aromatic nitrogens is 3. The van der Waals surface area contributed by atoms with Crippen LogP contribution in [0.3, 0.4) is 0 Å². The summed E-state index contributed by atoms with van der Waals surface area (Å²) in [4.78, 5) is 58.7. The number of sulfonamides is 1. The Morgan fingerprint density at radius 2 is 1.69 bits per heavy atom. The van der Waals surface area contributed by atoms with Gasteiger partial charge < -0.3 is 20.0 Å². The maximum atomic E-state index is 16.3. The number of carbonyl (C=O) groups excluding carboxylic acids is 3. The van der Waals surface area contributed by atoms with E-state index in [-0.39, 0.29) is 70.4 Å². The lowest BCUT2D eigenvalue weighted by molar-refractivity contribution is -0.166. The van der Waals surface area contributed by atoms with Crippen LogP contribution in [0.5, 0.6) is 0 Å². The predicted molar refractivity (Wildman–Crippen MR) is 257 cm³/mol. The lowest BCUT2D eigenvalue weighted by Crippen LogP contribution is -2.69. The summed E-state index contributed by atoms with van der Waals surface area (Å²) in [5.74, 6) is -1.01. The quantitative estimate of drug-likeness (QED) is 0.114. The van der Waals surface area contributed by atoms with E-state index >= 15 is 8.78 Å². The molecule has 0 bridgehead atoms. The number of carbonyl (C=O) groups is 3. The SMILES string of the molecule is CCCS(=O)(=O)Nc1cccc(-c2nc(C(C)(C)C)sc2-c2ccnc(NC3CC4(C3)CN(C(=O)C3(F)CCN(CC5CCN(c6ccc(C7CCC(=O)NC7=O)cc6)CC5)CC3)C4)n2)c1F. The van der Waals surface area contributed by atoms with Gasteiger partial charge in [-0.1, -0.05) is 45.9 Å². The number of rotatable bonds is 13. The monoisotopic (exact) mass is 957 g/mol. The van der Waals surface area contributed by atoms with Crippen LogP contribution in [0.25, 0.3) is 21.8 Å².